The topological polar surface area (TPSA) is 64.7 Å². The van der Waals surface area contributed by atoms with E-state index in [0.717, 1.165) is 6.54 Å². The fourth-order valence-electron chi connectivity index (χ4n) is 1.48. The summed E-state index contributed by atoms with van der Waals surface area (Å²) in [4.78, 5) is 11.9. The average molecular weight is 233 g/mol. The van der Waals surface area contributed by atoms with E-state index in [2.05, 4.69) is 15.5 Å². The van der Waals surface area contributed by atoms with Gasteiger partial charge in [-0.25, -0.2) is 0 Å². The van der Waals surface area contributed by atoms with E-state index in [4.69, 9.17) is 0 Å². The third-order valence-electron chi connectivity index (χ3n) is 2.53. The van der Waals surface area contributed by atoms with Crippen molar-refractivity contribution in [2.45, 2.75) is 26.4 Å². The van der Waals surface area contributed by atoms with Crippen LogP contribution in [0.15, 0.2) is 30.9 Å². The molecule has 0 spiro atoms. The van der Waals surface area contributed by atoms with Gasteiger partial charge in [-0.1, -0.05) is 0 Å². The number of amides is 1. The number of rotatable bonds is 4. The van der Waals surface area contributed by atoms with Crippen LogP contribution >= 0.6 is 0 Å². The van der Waals surface area contributed by atoms with Crippen molar-refractivity contribution < 1.29 is 4.79 Å². The number of nitrogens with one attached hydrogen (secondary N) is 1. The van der Waals surface area contributed by atoms with E-state index in [9.17, 15) is 4.79 Å². The second-order valence-electron chi connectivity index (χ2n) is 3.74. The second kappa shape index (κ2) is 4.82. The first-order valence-corrected chi connectivity index (χ1v) is 5.53. The van der Waals surface area contributed by atoms with Crippen molar-refractivity contribution in [2.24, 2.45) is 0 Å². The van der Waals surface area contributed by atoms with E-state index >= 15 is 0 Å². The van der Waals surface area contributed by atoms with Crippen molar-refractivity contribution in [1.29, 1.82) is 0 Å². The lowest BCUT2D eigenvalue weighted by Crippen LogP contribution is -2.23. The molecule has 1 N–H and O–H groups in total. The monoisotopic (exact) mass is 233 g/mol. The first-order chi connectivity index (χ1) is 8.20. The molecule has 0 bridgehead atoms. The van der Waals surface area contributed by atoms with Crippen LogP contribution in [0.1, 0.15) is 19.9 Å². The van der Waals surface area contributed by atoms with E-state index in [1.165, 1.54) is 0 Å². The molecule has 90 valence electrons. The van der Waals surface area contributed by atoms with Gasteiger partial charge in [-0.05, 0) is 19.9 Å². The van der Waals surface area contributed by atoms with Gasteiger partial charge in [0.15, 0.2) is 0 Å². The standard InChI is InChI=1S/C11H15N5O/c1-3-15-8-10(7-13-15)14-11(17)9(2)16-6-4-5-12-16/h4-9H,3H2,1-2H3,(H,14,17). The third kappa shape index (κ3) is 2.52. The van der Waals surface area contributed by atoms with Crippen molar-refractivity contribution in [3.63, 3.8) is 0 Å². The minimum Gasteiger partial charge on any atom is -0.322 e. The molecule has 2 aromatic rings. The van der Waals surface area contributed by atoms with Gasteiger partial charge in [0.1, 0.15) is 6.04 Å². The summed E-state index contributed by atoms with van der Waals surface area (Å²) in [6.07, 6.45) is 6.85. The van der Waals surface area contributed by atoms with Crippen LogP contribution < -0.4 is 5.32 Å². The molecule has 2 rings (SSSR count). The lowest BCUT2D eigenvalue weighted by atomic mass is 10.3. The van der Waals surface area contributed by atoms with Crippen molar-refractivity contribution in [3.8, 4) is 0 Å². The van der Waals surface area contributed by atoms with Gasteiger partial charge in [0.2, 0.25) is 5.91 Å². The molecular formula is C11H15N5O. The minimum absolute atomic E-state index is 0.107. The van der Waals surface area contributed by atoms with Gasteiger partial charge in [0, 0.05) is 25.1 Å². The first-order valence-electron chi connectivity index (χ1n) is 5.53. The van der Waals surface area contributed by atoms with Gasteiger partial charge in [0.05, 0.1) is 11.9 Å². The molecule has 2 heterocycles. The highest BCUT2D eigenvalue weighted by molar-refractivity contribution is 5.93. The Morgan fingerprint density at radius 3 is 2.94 bits per heavy atom. The number of nitrogens with zero attached hydrogens (tertiary/aromatic N) is 4. The number of aromatic nitrogens is 4. The Balaban J connectivity index is 2.01. The lowest BCUT2D eigenvalue weighted by molar-refractivity contribution is -0.119. The van der Waals surface area contributed by atoms with Crippen molar-refractivity contribution in [2.75, 3.05) is 5.32 Å². The summed E-state index contributed by atoms with van der Waals surface area (Å²) in [5.74, 6) is -0.107. The molecule has 0 radical (unpaired) electrons. The summed E-state index contributed by atoms with van der Waals surface area (Å²) < 4.78 is 3.37. The molecule has 0 saturated carbocycles. The highest BCUT2D eigenvalue weighted by Crippen LogP contribution is 2.10. The van der Waals surface area contributed by atoms with Gasteiger partial charge >= 0.3 is 0 Å². The molecule has 0 fully saturated rings. The normalized spacial score (nSPS) is 12.4. The van der Waals surface area contributed by atoms with E-state index in [0.29, 0.717) is 5.69 Å². The number of aryl methyl sites for hydroxylation is 1. The molecule has 2 aromatic heterocycles. The Hall–Kier alpha value is -2.11. The molecule has 0 aliphatic rings. The number of carbonyl (C=O) groups excluding carboxylic acids is 1. The van der Waals surface area contributed by atoms with E-state index in [1.54, 1.807) is 47.1 Å². The highest BCUT2D eigenvalue weighted by Gasteiger charge is 2.15. The predicted octanol–water partition coefficient (Wildman–Crippen LogP) is 1.30. The molecule has 6 heteroatoms. The summed E-state index contributed by atoms with van der Waals surface area (Å²) in [6, 6.07) is 1.45. The highest BCUT2D eigenvalue weighted by atomic mass is 16.2. The number of anilines is 1. The van der Waals surface area contributed by atoms with Gasteiger partial charge in [-0.2, -0.15) is 10.2 Å². The molecular weight excluding hydrogens is 218 g/mol. The van der Waals surface area contributed by atoms with E-state index < -0.39 is 0 Å². The lowest BCUT2D eigenvalue weighted by Gasteiger charge is -2.11. The molecule has 17 heavy (non-hydrogen) atoms. The predicted molar refractivity (Wildman–Crippen MR) is 63.5 cm³/mol. The van der Waals surface area contributed by atoms with Crippen LogP contribution in [0.3, 0.4) is 0 Å². The zero-order chi connectivity index (χ0) is 12.3. The third-order valence-corrected chi connectivity index (χ3v) is 2.53. The average Bonchev–Trinajstić information content (AvgIpc) is 2.98. The van der Waals surface area contributed by atoms with Crippen molar-refractivity contribution >= 4 is 11.6 Å². The zero-order valence-electron chi connectivity index (χ0n) is 9.87. The van der Waals surface area contributed by atoms with Crippen LogP contribution in [0.2, 0.25) is 0 Å². The maximum absolute atomic E-state index is 11.9. The summed E-state index contributed by atoms with van der Waals surface area (Å²) in [5, 5.41) is 10.9. The van der Waals surface area contributed by atoms with Gasteiger partial charge in [0.25, 0.3) is 0 Å². The summed E-state index contributed by atoms with van der Waals surface area (Å²) in [6.45, 7) is 4.57. The quantitative estimate of drug-likeness (QED) is 0.865. The molecule has 1 atom stereocenters. The van der Waals surface area contributed by atoms with Crippen LogP contribution in [0, 0.1) is 0 Å². The van der Waals surface area contributed by atoms with Crippen molar-refractivity contribution in [1.82, 2.24) is 19.6 Å². The smallest absolute Gasteiger partial charge is 0.249 e. The molecule has 1 amide bonds. The SMILES string of the molecule is CCn1cc(NC(=O)C(C)n2cccn2)cn1. The Kier molecular flexibility index (Phi) is 3.22. The summed E-state index contributed by atoms with van der Waals surface area (Å²) >= 11 is 0. The maximum Gasteiger partial charge on any atom is 0.249 e. The minimum atomic E-state index is -0.338. The van der Waals surface area contributed by atoms with Crippen LogP contribution in [0.4, 0.5) is 5.69 Å². The van der Waals surface area contributed by atoms with Crippen molar-refractivity contribution in [3.05, 3.63) is 30.9 Å². The van der Waals surface area contributed by atoms with Crippen LogP contribution in [0.5, 0.6) is 0 Å². The Morgan fingerprint density at radius 2 is 2.35 bits per heavy atom. The van der Waals surface area contributed by atoms with Crippen LogP contribution in [-0.2, 0) is 11.3 Å². The number of carbonyl (C=O) groups is 1. The molecule has 1 unspecified atom stereocenters. The summed E-state index contributed by atoms with van der Waals surface area (Å²) in [7, 11) is 0. The Labute approximate surface area is 99.2 Å². The molecule has 0 aromatic carbocycles. The summed E-state index contributed by atoms with van der Waals surface area (Å²) in [5.41, 5.74) is 0.704. The Bertz CT molecular complexity index is 488. The fraction of sp³-hybridized carbons (Fsp3) is 0.364. The number of hydrogen-bond acceptors (Lipinski definition) is 3. The maximum atomic E-state index is 11.9. The number of hydrogen-bond donors (Lipinski definition) is 1. The Morgan fingerprint density at radius 1 is 1.53 bits per heavy atom. The molecule has 6 nitrogen and oxygen atoms in total. The van der Waals surface area contributed by atoms with Crippen LogP contribution in [0.25, 0.3) is 0 Å². The van der Waals surface area contributed by atoms with Crippen LogP contribution in [-0.4, -0.2) is 25.5 Å². The van der Waals surface area contributed by atoms with E-state index in [1.807, 2.05) is 6.92 Å². The first kappa shape index (κ1) is 11.4. The fourth-order valence-corrected chi connectivity index (χ4v) is 1.48. The van der Waals surface area contributed by atoms with Gasteiger partial charge in [-0.3, -0.25) is 14.2 Å². The molecule has 0 aliphatic carbocycles. The van der Waals surface area contributed by atoms with Gasteiger partial charge in [-0.15, -0.1) is 0 Å². The largest absolute Gasteiger partial charge is 0.322 e. The van der Waals surface area contributed by atoms with Gasteiger partial charge < -0.3 is 5.32 Å². The molecule has 0 aliphatic heterocycles. The molecule has 0 saturated heterocycles. The second-order valence-corrected chi connectivity index (χ2v) is 3.74. The zero-order valence-corrected chi connectivity index (χ0v) is 9.87. The van der Waals surface area contributed by atoms with E-state index in [-0.39, 0.29) is 11.9 Å².